The fourth-order valence-electron chi connectivity index (χ4n) is 2.37. The lowest BCUT2D eigenvalue weighted by atomic mass is 9.91. The van der Waals surface area contributed by atoms with E-state index in [4.69, 9.17) is 5.73 Å². The summed E-state index contributed by atoms with van der Waals surface area (Å²) >= 11 is 0. The Morgan fingerprint density at radius 1 is 1.18 bits per heavy atom. The van der Waals surface area contributed by atoms with Crippen LogP contribution < -0.4 is 5.73 Å². The van der Waals surface area contributed by atoms with E-state index in [1.54, 1.807) is 6.07 Å². The van der Waals surface area contributed by atoms with Crippen molar-refractivity contribution in [3.8, 4) is 0 Å². The number of primary amides is 1. The number of aryl methyl sites for hydroxylation is 1. The first-order chi connectivity index (χ1) is 8.00. The van der Waals surface area contributed by atoms with Crippen LogP contribution in [0.15, 0.2) is 30.3 Å². The van der Waals surface area contributed by atoms with Crippen LogP contribution in [-0.4, -0.2) is 5.91 Å². The number of carbonyl (C=O) groups is 1. The second kappa shape index (κ2) is 4.21. The Labute approximate surface area is 101 Å². The van der Waals surface area contributed by atoms with E-state index in [0.29, 0.717) is 11.5 Å². The smallest absolute Gasteiger partial charge is 0.248 e. The molecule has 0 saturated carbocycles. The Balaban J connectivity index is 2.80. The van der Waals surface area contributed by atoms with E-state index in [2.05, 4.69) is 32.9 Å². The Morgan fingerprint density at radius 3 is 2.41 bits per heavy atom. The summed E-state index contributed by atoms with van der Waals surface area (Å²) in [5.41, 5.74) is 8.46. The van der Waals surface area contributed by atoms with Crippen molar-refractivity contribution in [2.45, 2.75) is 26.7 Å². The zero-order valence-corrected chi connectivity index (χ0v) is 10.4. The number of hydrogen-bond acceptors (Lipinski definition) is 1. The van der Waals surface area contributed by atoms with Crippen molar-refractivity contribution >= 4 is 16.7 Å². The van der Waals surface area contributed by atoms with Gasteiger partial charge in [0.15, 0.2) is 0 Å². The number of fused-ring (bicyclic) bond motifs is 1. The van der Waals surface area contributed by atoms with Crippen molar-refractivity contribution in [2.75, 3.05) is 0 Å². The van der Waals surface area contributed by atoms with Crippen molar-refractivity contribution in [1.29, 1.82) is 0 Å². The molecule has 0 aliphatic rings. The molecule has 2 rings (SSSR count). The number of nitrogens with two attached hydrogens (primary N) is 1. The fraction of sp³-hybridized carbons (Fsp3) is 0.267. The van der Waals surface area contributed by atoms with E-state index in [1.165, 1.54) is 11.1 Å². The largest absolute Gasteiger partial charge is 0.366 e. The lowest BCUT2D eigenvalue weighted by Gasteiger charge is -2.14. The average molecular weight is 227 g/mol. The van der Waals surface area contributed by atoms with E-state index in [0.717, 1.165) is 10.8 Å². The molecule has 0 aromatic heterocycles. The molecule has 2 nitrogen and oxygen atoms in total. The molecule has 2 heteroatoms. The van der Waals surface area contributed by atoms with Crippen molar-refractivity contribution in [2.24, 2.45) is 5.73 Å². The van der Waals surface area contributed by atoms with Gasteiger partial charge in [0.1, 0.15) is 0 Å². The third-order valence-corrected chi connectivity index (χ3v) is 3.14. The molecule has 0 aliphatic carbocycles. The molecule has 0 saturated heterocycles. The van der Waals surface area contributed by atoms with E-state index in [1.807, 2.05) is 12.1 Å². The summed E-state index contributed by atoms with van der Waals surface area (Å²) in [5.74, 6) is 0.0601. The molecule has 0 radical (unpaired) electrons. The predicted molar refractivity (Wildman–Crippen MR) is 71.3 cm³/mol. The van der Waals surface area contributed by atoms with Crippen LogP contribution in [0.25, 0.3) is 10.8 Å². The second-order valence-corrected chi connectivity index (χ2v) is 4.75. The molecule has 1 amide bonds. The molecule has 2 aromatic rings. The third kappa shape index (κ3) is 2.03. The van der Waals surface area contributed by atoms with Gasteiger partial charge >= 0.3 is 0 Å². The van der Waals surface area contributed by atoms with Crippen LogP contribution in [0.3, 0.4) is 0 Å². The molecule has 88 valence electrons. The molecule has 0 aliphatic heterocycles. The number of carbonyl (C=O) groups excluding carboxylic acids is 1. The maximum absolute atomic E-state index is 11.2. The van der Waals surface area contributed by atoms with Crippen LogP contribution in [0.5, 0.6) is 0 Å². The van der Waals surface area contributed by atoms with Gasteiger partial charge in [0.25, 0.3) is 0 Å². The summed E-state index contributed by atoms with van der Waals surface area (Å²) in [6.45, 7) is 6.43. The van der Waals surface area contributed by atoms with Gasteiger partial charge in [0, 0.05) is 5.56 Å². The highest BCUT2D eigenvalue weighted by molar-refractivity contribution is 5.98. The van der Waals surface area contributed by atoms with Gasteiger partial charge in [-0.05, 0) is 46.9 Å². The van der Waals surface area contributed by atoms with Gasteiger partial charge in [-0.3, -0.25) is 4.79 Å². The maximum atomic E-state index is 11.2. The molecule has 0 heterocycles. The molecular formula is C15H17NO. The van der Waals surface area contributed by atoms with Gasteiger partial charge in [-0.25, -0.2) is 0 Å². The number of hydrogen-bond donors (Lipinski definition) is 1. The molecule has 0 unspecified atom stereocenters. The summed E-state index contributed by atoms with van der Waals surface area (Å²) in [4.78, 5) is 11.2. The highest BCUT2D eigenvalue weighted by Crippen LogP contribution is 2.29. The van der Waals surface area contributed by atoms with E-state index < -0.39 is 0 Å². The molecule has 0 bridgehead atoms. The van der Waals surface area contributed by atoms with E-state index in [-0.39, 0.29) is 5.91 Å². The van der Waals surface area contributed by atoms with Crippen molar-refractivity contribution in [1.82, 2.24) is 0 Å². The zero-order valence-electron chi connectivity index (χ0n) is 10.4. The second-order valence-electron chi connectivity index (χ2n) is 4.75. The highest BCUT2D eigenvalue weighted by atomic mass is 16.1. The summed E-state index contributed by atoms with van der Waals surface area (Å²) in [7, 11) is 0. The van der Waals surface area contributed by atoms with Gasteiger partial charge in [-0.1, -0.05) is 32.0 Å². The third-order valence-electron chi connectivity index (χ3n) is 3.14. The van der Waals surface area contributed by atoms with Crippen LogP contribution in [0.1, 0.15) is 41.3 Å². The minimum Gasteiger partial charge on any atom is -0.366 e. The molecule has 2 aromatic carbocycles. The van der Waals surface area contributed by atoms with Gasteiger partial charge in [0.2, 0.25) is 5.91 Å². The quantitative estimate of drug-likeness (QED) is 0.839. The Bertz CT molecular complexity index is 585. The first kappa shape index (κ1) is 11.6. The van der Waals surface area contributed by atoms with Crippen LogP contribution in [0.2, 0.25) is 0 Å². The normalized spacial score (nSPS) is 11.1. The Kier molecular flexibility index (Phi) is 2.88. The minimum atomic E-state index is -0.372. The summed E-state index contributed by atoms with van der Waals surface area (Å²) in [6, 6.07) is 9.85. The van der Waals surface area contributed by atoms with E-state index in [9.17, 15) is 4.79 Å². The van der Waals surface area contributed by atoms with E-state index >= 15 is 0 Å². The van der Waals surface area contributed by atoms with Crippen molar-refractivity contribution < 1.29 is 4.79 Å². The standard InChI is InChI=1S/C15H17NO/c1-9(2)14-10(3)4-5-11-6-7-12(15(16)17)8-13(11)14/h4-9H,1-3H3,(H2,16,17). The van der Waals surface area contributed by atoms with Gasteiger partial charge in [-0.2, -0.15) is 0 Å². The predicted octanol–water partition coefficient (Wildman–Crippen LogP) is 3.37. The molecule has 0 fully saturated rings. The van der Waals surface area contributed by atoms with Gasteiger partial charge in [0.05, 0.1) is 0 Å². The van der Waals surface area contributed by atoms with Crippen molar-refractivity contribution in [3.05, 3.63) is 47.0 Å². The zero-order chi connectivity index (χ0) is 12.6. The van der Waals surface area contributed by atoms with Crippen LogP contribution >= 0.6 is 0 Å². The highest BCUT2D eigenvalue weighted by Gasteiger charge is 2.10. The van der Waals surface area contributed by atoms with Crippen LogP contribution in [-0.2, 0) is 0 Å². The fourth-order valence-corrected chi connectivity index (χ4v) is 2.37. The van der Waals surface area contributed by atoms with Gasteiger partial charge < -0.3 is 5.73 Å². The SMILES string of the molecule is Cc1ccc2ccc(C(N)=O)cc2c1C(C)C. The lowest BCUT2D eigenvalue weighted by molar-refractivity contribution is 0.100. The van der Waals surface area contributed by atoms with Crippen molar-refractivity contribution in [3.63, 3.8) is 0 Å². The molecule has 2 N–H and O–H groups in total. The van der Waals surface area contributed by atoms with Crippen LogP contribution in [0.4, 0.5) is 0 Å². The van der Waals surface area contributed by atoms with Gasteiger partial charge in [-0.15, -0.1) is 0 Å². The van der Waals surface area contributed by atoms with Crippen LogP contribution in [0, 0.1) is 6.92 Å². The average Bonchev–Trinajstić information content (AvgIpc) is 2.27. The maximum Gasteiger partial charge on any atom is 0.248 e. The summed E-state index contributed by atoms with van der Waals surface area (Å²) in [5, 5.41) is 2.29. The monoisotopic (exact) mass is 227 g/mol. The Morgan fingerprint density at radius 2 is 1.82 bits per heavy atom. The molecule has 0 atom stereocenters. The number of benzene rings is 2. The topological polar surface area (TPSA) is 43.1 Å². The molecular weight excluding hydrogens is 210 g/mol. The lowest BCUT2D eigenvalue weighted by Crippen LogP contribution is -2.10. The summed E-state index contributed by atoms with van der Waals surface area (Å²) in [6.07, 6.45) is 0. The first-order valence-corrected chi connectivity index (χ1v) is 5.83. The number of amides is 1. The Hall–Kier alpha value is -1.83. The molecule has 17 heavy (non-hydrogen) atoms. The minimum absolute atomic E-state index is 0.372. The number of rotatable bonds is 2. The molecule has 0 spiro atoms. The first-order valence-electron chi connectivity index (χ1n) is 5.83. The summed E-state index contributed by atoms with van der Waals surface area (Å²) < 4.78 is 0.